The van der Waals surface area contributed by atoms with Crippen LogP contribution < -0.4 is 10.1 Å². The Morgan fingerprint density at radius 3 is 2.24 bits per heavy atom. The number of carboxylic acid groups (broad SMARTS) is 1. The summed E-state index contributed by atoms with van der Waals surface area (Å²) in [7, 11) is 0. The van der Waals surface area contributed by atoms with Gasteiger partial charge < -0.3 is 20.3 Å². The molecule has 0 bridgehead atoms. The van der Waals surface area contributed by atoms with Gasteiger partial charge in [-0.25, -0.2) is 0 Å². The number of carboxylic acids is 1. The van der Waals surface area contributed by atoms with Gasteiger partial charge >= 0.3 is 5.97 Å². The van der Waals surface area contributed by atoms with E-state index >= 15 is 0 Å². The molecule has 0 heterocycles. The standard InChI is InChI=1S/C32H37NO4.C4H8/c1-21-9-10-28(21)29-11-12-30(29)33-27-17-23(20-37-31-8-3-2-6-25(31)19-32(35)36)16-26(18-27)24-7-4-5-22(15-24)13-14-34;1-2-4-3-1/h2-8,15-18,21,28-30,33-34H,9-14,19-20H2,1H3,(H,35,36);1-4H2. The van der Waals surface area contributed by atoms with Crippen molar-refractivity contribution in [3.8, 4) is 16.9 Å². The minimum absolute atomic E-state index is 0.0661. The van der Waals surface area contributed by atoms with Gasteiger partial charge in [0.15, 0.2) is 0 Å². The summed E-state index contributed by atoms with van der Waals surface area (Å²) in [5, 5.41) is 22.5. The molecule has 0 saturated heterocycles. The minimum Gasteiger partial charge on any atom is -0.489 e. The summed E-state index contributed by atoms with van der Waals surface area (Å²) in [4.78, 5) is 11.3. The van der Waals surface area contributed by atoms with Gasteiger partial charge in [0, 0.05) is 23.9 Å². The highest BCUT2D eigenvalue weighted by molar-refractivity contribution is 5.72. The third-order valence-electron chi connectivity index (χ3n) is 9.28. The molecule has 3 N–H and O–H groups in total. The zero-order valence-electron chi connectivity index (χ0n) is 24.4. The van der Waals surface area contributed by atoms with E-state index in [-0.39, 0.29) is 13.0 Å². The van der Waals surface area contributed by atoms with Crippen molar-refractivity contribution in [2.75, 3.05) is 11.9 Å². The highest BCUT2D eigenvalue weighted by Gasteiger charge is 2.42. The van der Waals surface area contributed by atoms with Crippen LogP contribution in [0.25, 0.3) is 11.1 Å². The van der Waals surface area contributed by atoms with E-state index in [1.807, 2.05) is 30.3 Å². The largest absolute Gasteiger partial charge is 0.489 e. The lowest BCUT2D eigenvalue weighted by molar-refractivity contribution is -0.136. The highest BCUT2D eigenvalue weighted by atomic mass is 16.5. The van der Waals surface area contributed by atoms with Gasteiger partial charge in [-0.15, -0.1) is 0 Å². The SMILES string of the molecule is C1CCC1.CC1CCC1C1CCC1Nc1cc(COc2ccccc2CC(=O)O)cc(-c2cccc(CCO)c2)c1. The number of anilines is 1. The first-order chi connectivity index (χ1) is 20.0. The van der Waals surface area contributed by atoms with E-state index in [0.29, 0.717) is 30.4 Å². The maximum absolute atomic E-state index is 11.3. The fraction of sp³-hybridized carbons (Fsp3) is 0.472. The number of aliphatic hydroxyl groups is 1. The van der Waals surface area contributed by atoms with Crippen molar-refractivity contribution in [1.29, 1.82) is 0 Å². The molecule has 0 aromatic heterocycles. The van der Waals surface area contributed by atoms with Crippen LogP contribution in [-0.4, -0.2) is 28.8 Å². The van der Waals surface area contributed by atoms with E-state index < -0.39 is 5.97 Å². The summed E-state index contributed by atoms with van der Waals surface area (Å²) >= 11 is 0. The van der Waals surface area contributed by atoms with Crippen molar-refractivity contribution in [1.82, 2.24) is 0 Å². The van der Waals surface area contributed by atoms with Gasteiger partial charge in [-0.3, -0.25) is 4.79 Å². The van der Waals surface area contributed by atoms with Crippen molar-refractivity contribution >= 4 is 11.7 Å². The van der Waals surface area contributed by atoms with Crippen LogP contribution in [-0.2, 0) is 24.2 Å². The zero-order valence-corrected chi connectivity index (χ0v) is 24.4. The summed E-state index contributed by atoms with van der Waals surface area (Å²) in [6, 6.07) is 22.7. The first-order valence-corrected chi connectivity index (χ1v) is 15.5. The van der Waals surface area contributed by atoms with Crippen LogP contribution >= 0.6 is 0 Å². The van der Waals surface area contributed by atoms with Crippen LogP contribution in [0.3, 0.4) is 0 Å². The Morgan fingerprint density at radius 2 is 1.61 bits per heavy atom. The van der Waals surface area contributed by atoms with Gasteiger partial charge in [-0.05, 0) is 90.0 Å². The number of para-hydroxylation sites is 1. The topological polar surface area (TPSA) is 78.8 Å². The predicted molar refractivity (Wildman–Crippen MR) is 165 cm³/mol. The summed E-state index contributed by atoms with van der Waals surface area (Å²) in [5.74, 6) is 2.17. The van der Waals surface area contributed by atoms with E-state index in [1.165, 1.54) is 51.4 Å². The maximum atomic E-state index is 11.3. The molecule has 3 aromatic carbocycles. The second kappa shape index (κ2) is 14.0. The molecule has 0 amide bonds. The number of aliphatic hydroxyl groups excluding tert-OH is 1. The molecule has 3 aromatic rings. The fourth-order valence-corrected chi connectivity index (χ4v) is 6.19. The van der Waals surface area contributed by atoms with E-state index in [2.05, 4.69) is 42.6 Å². The van der Waals surface area contributed by atoms with Crippen molar-refractivity contribution in [2.45, 2.75) is 83.8 Å². The summed E-state index contributed by atoms with van der Waals surface area (Å²) in [6.45, 7) is 2.87. The van der Waals surface area contributed by atoms with Gasteiger partial charge in [0.05, 0.1) is 6.42 Å². The third kappa shape index (κ3) is 7.71. The van der Waals surface area contributed by atoms with Crippen molar-refractivity contribution < 1.29 is 19.7 Å². The number of carbonyl (C=O) groups is 1. The first kappa shape index (κ1) is 29.2. The molecule has 0 spiro atoms. The molecule has 3 aliphatic carbocycles. The summed E-state index contributed by atoms with van der Waals surface area (Å²) in [6.07, 6.45) is 11.8. The molecule has 3 saturated carbocycles. The van der Waals surface area contributed by atoms with Crippen molar-refractivity contribution in [3.05, 3.63) is 83.4 Å². The van der Waals surface area contributed by atoms with Crippen LogP contribution in [0.1, 0.15) is 75.0 Å². The molecule has 3 fully saturated rings. The number of hydrogen-bond acceptors (Lipinski definition) is 4. The molecule has 41 heavy (non-hydrogen) atoms. The fourth-order valence-electron chi connectivity index (χ4n) is 6.19. The molecule has 4 unspecified atom stereocenters. The Hall–Kier alpha value is -3.31. The Labute approximate surface area is 245 Å². The van der Waals surface area contributed by atoms with Crippen molar-refractivity contribution in [3.63, 3.8) is 0 Å². The zero-order chi connectivity index (χ0) is 28.6. The maximum Gasteiger partial charge on any atom is 0.307 e. The summed E-state index contributed by atoms with van der Waals surface area (Å²) in [5.41, 5.74) is 6.13. The van der Waals surface area contributed by atoms with E-state index in [0.717, 1.165) is 45.7 Å². The van der Waals surface area contributed by atoms with E-state index in [9.17, 15) is 15.0 Å². The van der Waals surface area contributed by atoms with Gasteiger partial charge in [0.1, 0.15) is 12.4 Å². The Balaban J connectivity index is 0.000000777. The second-order valence-corrected chi connectivity index (χ2v) is 12.2. The lowest BCUT2D eigenvalue weighted by Gasteiger charge is -2.49. The van der Waals surface area contributed by atoms with Gasteiger partial charge in [0.25, 0.3) is 0 Å². The van der Waals surface area contributed by atoms with Crippen LogP contribution in [0.4, 0.5) is 5.69 Å². The number of benzene rings is 3. The Kier molecular flexibility index (Phi) is 10.00. The van der Waals surface area contributed by atoms with Crippen LogP contribution in [0.5, 0.6) is 5.75 Å². The smallest absolute Gasteiger partial charge is 0.307 e. The molecule has 6 rings (SSSR count). The lowest BCUT2D eigenvalue weighted by atomic mass is 9.59. The molecule has 4 atom stereocenters. The van der Waals surface area contributed by atoms with Crippen LogP contribution in [0.2, 0.25) is 0 Å². The van der Waals surface area contributed by atoms with Gasteiger partial charge in [-0.1, -0.05) is 81.5 Å². The molecule has 218 valence electrons. The average molecular weight is 556 g/mol. The quantitative estimate of drug-likeness (QED) is 0.224. The normalized spacial score (nSPS) is 22.7. The molecular formula is C36H45NO4. The number of rotatable bonds is 11. The molecule has 0 radical (unpaired) electrons. The van der Waals surface area contributed by atoms with E-state index in [1.54, 1.807) is 6.07 Å². The number of ether oxygens (including phenoxy) is 1. The first-order valence-electron chi connectivity index (χ1n) is 15.5. The Morgan fingerprint density at radius 1 is 0.854 bits per heavy atom. The minimum atomic E-state index is -0.872. The van der Waals surface area contributed by atoms with E-state index in [4.69, 9.17) is 4.74 Å². The van der Waals surface area contributed by atoms with Crippen LogP contribution in [0, 0.1) is 17.8 Å². The average Bonchev–Trinajstić information content (AvgIpc) is 2.92. The highest BCUT2D eigenvalue weighted by Crippen LogP contribution is 2.48. The lowest BCUT2D eigenvalue weighted by Crippen LogP contribution is -2.47. The molecule has 3 aliphatic rings. The van der Waals surface area contributed by atoms with Gasteiger partial charge in [-0.2, -0.15) is 0 Å². The third-order valence-corrected chi connectivity index (χ3v) is 9.28. The predicted octanol–water partition coefficient (Wildman–Crippen LogP) is 7.89. The van der Waals surface area contributed by atoms with Crippen LogP contribution in [0.15, 0.2) is 66.7 Å². The number of nitrogens with one attached hydrogen (secondary N) is 1. The molecule has 0 aliphatic heterocycles. The van der Waals surface area contributed by atoms with Crippen molar-refractivity contribution in [2.24, 2.45) is 17.8 Å². The number of aliphatic carboxylic acids is 1. The Bertz CT molecular complexity index is 1300. The molecular weight excluding hydrogens is 510 g/mol. The monoisotopic (exact) mass is 555 g/mol. The van der Waals surface area contributed by atoms with Gasteiger partial charge in [0.2, 0.25) is 0 Å². The molecule has 5 nitrogen and oxygen atoms in total. The molecule has 5 heteroatoms. The summed E-state index contributed by atoms with van der Waals surface area (Å²) < 4.78 is 6.15. The second-order valence-electron chi connectivity index (χ2n) is 12.2. The number of hydrogen-bond donors (Lipinski definition) is 3.